The average molecular weight is 446 g/mol. The van der Waals surface area contributed by atoms with E-state index in [4.69, 9.17) is 20.5 Å². The van der Waals surface area contributed by atoms with Gasteiger partial charge in [-0.25, -0.2) is 0 Å². The summed E-state index contributed by atoms with van der Waals surface area (Å²) in [5.41, 5.74) is 3.89. The van der Waals surface area contributed by atoms with Crippen LogP contribution < -0.4 is 14.2 Å². The van der Waals surface area contributed by atoms with E-state index in [0.29, 0.717) is 23.9 Å². The van der Waals surface area contributed by atoms with Gasteiger partial charge in [-0.15, -0.1) is 0 Å². The summed E-state index contributed by atoms with van der Waals surface area (Å²) in [6.07, 6.45) is 0. The van der Waals surface area contributed by atoms with Gasteiger partial charge in [0.05, 0.1) is 6.61 Å². The van der Waals surface area contributed by atoms with Crippen molar-refractivity contribution in [2.45, 2.75) is 32.2 Å². The highest BCUT2D eigenvalue weighted by Crippen LogP contribution is 2.32. The summed E-state index contributed by atoms with van der Waals surface area (Å²) in [7, 11) is -3.96. The Kier molecular flexibility index (Phi) is 6.90. The Morgan fingerprint density at radius 2 is 1.67 bits per heavy atom. The summed E-state index contributed by atoms with van der Waals surface area (Å²) >= 11 is 6.07. The van der Waals surface area contributed by atoms with Crippen LogP contribution in [0, 0.1) is 13.8 Å². The van der Waals surface area contributed by atoms with Gasteiger partial charge < -0.3 is 14.2 Å². The van der Waals surface area contributed by atoms with Crippen molar-refractivity contribution in [3.8, 4) is 11.5 Å². The number of anilines is 1. The van der Waals surface area contributed by atoms with Crippen LogP contribution >= 0.6 is 11.6 Å². The summed E-state index contributed by atoms with van der Waals surface area (Å²) in [6.45, 7) is 6.62. The average Bonchev–Trinajstić information content (AvgIpc) is 2.71. The normalized spacial score (nSPS) is 11.2. The molecule has 0 atom stereocenters. The molecule has 0 aliphatic carbocycles. The zero-order valence-electron chi connectivity index (χ0n) is 17.1. The van der Waals surface area contributed by atoms with Crippen LogP contribution in [-0.2, 0) is 16.7 Å². The van der Waals surface area contributed by atoms with Crippen molar-refractivity contribution in [2.75, 3.05) is 11.9 Å². The van der Waals surface area contributed by atoms with E-state index in [-0.39, 0.29) is 10.6 Å². The molecule has 0 heterocycles. The molecule has 1 N–H and O–H groups in total. The Balaban J connectivity index is 1.81. The van der Waals surface area contributed by atoms with Crippen LogP contribution in [0.3, 0.4) is 0 Å². The molecule has 0 saturated heterocycles. The molecule has 0 spiro atoms. The van der Waals surface area contributed by atoms with E-state index in [1.807, 2.05) is 39.0 Å². The maximum atomic E-state index is 12.6. The van der Waals surface area contributed by atoms with E-state index >= 15 is 0 Å². The third-order valence-electron chi connectivity index (χ3n) is 4.50. The van der Waals surface area contributed by atoms with Gasteiger partial charge in [0.2, 0.25) is 0 Å². The lowest BCUT2D eigenvalue weighted by atomic mass is 10.1. The number of ether oxygens (including phenoxy) is 1. The first-order valence-electron chi connectivity index (χ1n) is 9.55. The largest absolute Gasteiger partial charge is 0.490 e. The van der Waals surface area contributed by atoms with E-state index < -0.39 is 10.1 Å². The van der Waals surface area contributed by atoms with Crippen molar-refractivity contribution >= 4 is 27.4 Å². The van der Waals surface area contributed by atoms with Crippen molar-refractivity contribution in [1.29, 1.82) is 0 Å². The number of nitrogens with one attached hydrogen (secondary N) is 1. The smallest absolute Gasteiger partial charge is 0.339 e. The quantitative estimate of drug-likeness (QED) is 0.448. The summed E-state index contributed by atoms with van der Waals surface area (Å²) in [4.78, 5) is 0.0951. The molecule has 0 aliphatic heterocycles. The molecular weight excluding hydrogens is 422 g/mol. The van der Waals surface area contributed by atoms with Crippen LogP contribution in [0.4, 0.5) is 5.69 Å². The second-order valence-electron chi connectivity index (χ2n) is 6.88. The van der Waals surface area contributed by atoms with Crippen LogP contribution in [0.1, 0.15) is 23.6 Å². The minimum Gasteiger partial charge on any atom is -0.490 e. The first-order chi connectivity index (χ1) is 14.3. The molecule has 0 unspecified atom stereocenters. The van der Waals surface area contributed by atoms with Gasteiger partial charge in [0, 0.05) is 17.3 Å². The highest BCUT2D eigenvalue weighted by Gasteiger charge is 2.19. The summed E-state index contributed by atoms with van der Waals surface area (Å²) < 4.78 is 36.3. The SMILES string of the molecule is CCOc1cc(CNc2cc(Cl)ccc2C)ccc1OS(=O)(=O)c1ccc(C)cc1. The zero-order chi connectivity index (χ0) is 21.7. The topological polar surface area (TPSA) is 64.6 Å². The first kappa shape index (κ1) is 22.0. The van der Waals surface area contributed by atoms with Crippen LogP contribution in [0.25, 0.3) is 0 Å². The predicted molar refractivity (Wildman–Crippen MR) is 120 cm³/mol. The Morgan fingerprint density at radius 3 is 2.37 bits per heavy atom. The monoisotopic (exact) mass is 445 g/mol. The van der Waals surface area contributed by atoms with Crippen LogP contribution in [0.5, 0.6) is 11.5 Å². The standard InChI is InChI=1S/C23H24ClNO4S/c1-4-28-23-13-18(15-25-21-14-19(24)9-7-17(21)3)8-12-22(23)29-30(26,27)20-10-5-16(2)6-11-20/h5-14,25H,4,15H2,1-3H3. The predicted octanol–water partition coefficient (Wildman–Crippen LogP) is 5.74. The van der Waals surface area contributed by atoms with Crippen molar-refractivity contribution in [3.63, 3.8) is 0 Å². The Labute approximate surface area is 182 Å². The Bertz CT molecular complexity index is 1130. The van der Waals surface area contributed by atoms with Gasteiger partial charge in [-0.2, -0.15) is 8.42 Å². The fourth-order valence-electron chi connectivity index (χ4n) is 2.85. The lowest BCUT2D eigenvalue weighted by Crippen LogP contribution is -2.11. The van der Waals surface area contributed by atoms with E-state index in [0.717, 1.165) is 22.4 Å². The molecule has 0 aliphatic rings. The molecule has 3 aromatic rings. The number of aryl methyl sites for hydroxylation is 2. The molecule has 0 aromatic heterocycles. The van der Waals surface area contributed by atoms with Gasteiger partial charge in [-0.3, -0.25) is 0 Å². The molecular formula is C23H24ClNO4S. The van der Waals surface area contributed by atoms with E-state index in [1.165, 1.54) is 12.1 Å². The highest BCUT2D eigenvalue weighted by molar-refractivity contribution is 7.87. The van der Waals surface area contributed by atoms with Gasteiger partial charge >= 0.3 is 10.1 Å². The number of hydrogen-bond acceptors (Lipinski definition) is 5. The first-order valence-corrected chi connectivity index (χ1v) is 11.3. The third-order valence-corrected chi connectivity index (χ3v) is 5.98. The molecule has 5 nitrogen and oxygen atoms in total. The fourth-order valence-corrected chi connectivity index (χ4v) is 3.96. The Hall–Kier alpha value is -2.70. The minimum absolute atomic E-state index is 0.0951. The summed E-state index contributed by atoms with van der Waals surface area (Å²) in [5, 5.41) is 3.99. The lowest BCUT2D eigenvalue weighted by Gasteiger charge is -2.15. The number of hydrogen-bond donors (Lipinski definition) is 1. The molecule has 0 radical (unpaired) electrons. The number of rotatable bonds is 8. The zero-order valence-corrected chi connectivity index (χ0v) is 18.7. The van der Waals surface area contributed by atoms with Crippen LogP contribution in [0.2, 0.25) is 5.02 Å². The lowest BCUT2D eigenvalue weighted by molar-refractivity contribution is 0.327. The molecule has 0 fully saturated rings. The van der Waals surface area contributed by atoms with Gasteiger partial charge in [0.1, 0.15) is 4.90 Å². The number of halogens is 1. The van der Waals surface area contributed by atoms with Crippen molar-refractivity contribution in [1.82, 2.24) is 0 Å². The van der Waals surface area contributed by atoms with Crippen molar-refractivity contribution in [3.05, 3.63) is 82.4 Å². The minimum atomic E-state index is -3.96. The maximum absolute atomic E-state index is 12.6. The van der Waals surface area contributed by atoms with E-state index in [9.17, 15) is 8.42 Å². The van der Waals surface area contributed by atoms with Gasteiger partial charge in [0.15, 0.2) is 11.5 Å². The molecule has 3 aromatic carbocycles. The molecule has 0 saturated carbocycles. The number of benzene rings is 3. The highest BCUT2D eigenvalue weighted by atomic mass is 35.5. The molecule has 0 bridgehead atoms. The molecule has 3 rings (SSSR count). The van der Waals surface area contributed by atoms with Gasteiger partial charge in [-0.1, -0.05) is 41.4 Å². The molecule has 30 heavy (non-hydrogen) atoms. The summed E-state index contributed by atoms with van der Waals surface area (Å²) in [6, 6.07) is 17.3. The molecule has 158 valence electrons. The van der Waals surface area contributed by atoms with E-state index in [1.54, 1.807) is 30.3 Å². The maximum Gasteiger partial charge on any atom is 0.339 e. The van der Waals surface area contributed by atoms with Gasteiger partial charge in [-0.05, 0) is 68.3 Å². The second-order valence-corrected chi connectivity index (χ2v) is 8.86. The van der Waals surface area contributed by atoms with E-state index in [2.05, 4.69) is 5.32 Å². The van der Waals surface area contributed by atoms with Gasteiger partial charge in [0.25, 0.3) is 0 Å². The summed E-state index contributed by atoms with van der Waals surface area (Å²) in [5.74, 6) is 0.524. The van der Waals surface area contributed by atoms with Crippen LogP contribution in [0.15, 0.2) is 65.6 Å². The van der Waals surface area contributed by atoms with Crippen molar-refractivity contribution < 1.29 is 17.3 Å². The fraction of sp³-hybridized carbons (Fsp3) is 0.217. The Morgan fingerprint density at radius 1 is 0.933 bits per heavy atom. The second kappa shape index (κ2) is 9.41. The van der Waals surface area contributed by atoms with Crippen LogP contribution in [-0.4, -0.2) is 15.0 Å². The third kappa shape index (κ3) is 5.46. The molecule has 7 heteroatoms. The van der Waals surface area contributed by atoms with Crippen molar-refractivity contribution in [2.24, 2.45) is 0 Å². The molecule has 0 amide bonds.